The van der Waals surface area contributed by atoms with Gasteiger partial charge in [-0.05, 0) is 48.9 Å². The lowest BCUT2D eigenvalue weighted by molar-refractivity contribution is 0.165. The Morgan fingerprint density at radius 2 is 1.81 bits per heavy atom. The molecule has 2 aromatic carbocycles. The first-order chi connectivity index (χ1) is 12.5. The highest BCUT2D eigenvalue weighted by Crippen LogP contribution is 2.32. The van der Waals surface area contributed by atoms with Gasteiger partial charge in [-0.25, -0.2) is 13.1 Å². The molecule has 2 aromatic rings. The number of aliphatic hydroxyl groups is 1. The van der Waals surface area contributed by atoms with Gasteiger partial charge in [-0.2, -0.15) is 0 Å². The largest absolute Gasteiger partial charge is 0.494 e. The van der Waals surface area contributed by atoms with E-state index in [4.69, 9.17) is 14.2 Å². The third-order valence-corrected chi connectivity index (χ3v) is 5.30. The highest BCUT2D eigenvalue weighted by atomic mass is 32.2. The first kappa shape index (κ1) is 18.5. The quantitative estimate of drug-likeness (QED) is 0.763. The Bertz CT molecular complexity index is 850. The van der Waals surface area contributed by atoms with Crippen LogP contribution in [0.15, 0.2) is 47.4 Å². The number of nitrogens with one attached hydrogen (secondary N) is 1. The van der Waals surface area contributed by atoms with Gasteiger partial charge in [0, 0.05) is 6.54 Å². The van der Waals surface area contributed by atoms with Crippen molar-refractivity contribution in [2.45, 2.75) is 17.9 Å². The molecule has 0 spiro atoms. The molecule has 0 amide bonds. The first-order valence-electron chi connectivity index (χ1n) is 8.30. The molecule has 8 heteroatoms. The highest BCUT2D eigenvalue weighted by Gasteiger charge is 2.19. The fourth-order valence-corrected chi connectivity index (χ4v) is 3.58. The van der Waals surface area contributed by atoms with Crippen molar-refractivity contribution < 1.29 is 27.7 Å². The van der Waals surface area contributed by atoms with Gasteiger partial charge in [0.15, 0.2) is 11.5 Å². The van der Waals surface area contributed by atoms with Crippen LogP contribution in [0.4, 0.5) is 0 Å². The summed E-state index contributed by atoms with van der Waals surface area (Å²) in [4.78, 5) is 0.107. The van der Waals surface area contributed by atoms with E-state index >= 15 is 0 Å². The molecule has 0 aromatic heterocycles. The first-order valence-corrected chi connectivity index (χ1v) is 9.78. The molecule has 1 heterocycles. The molecule has 26 heavy (non-hydrogen) atoms. The maximum atomic E-state index is 12.4. The van der Waals surface area contributed by atoms with Gasteiger partial charge in [-0.1, -0.05) is 6.07 Å². The van der Waals surface area contributed by atoms with Gasteiger partial charge in [0.1, 0.15) is 19.0 Å². The van der Waals surface area contributed by atoms with Gasteiger partial charge in [0.2, 0.25) is 10.0 Å². The van der Waals surface area contributed by atoms with E-state index in [9.17, 15) is 13.5 Å². The second kappa shape index (κ2) is 7.94. The van der Waals surface area contributed by atoms with E-state index in [1.165, 1.54) is 12.1 Å². The zero-order valence-electron chi connectivity index (χ0n) is 14.3. The van der Waals surface area contributed by atoms with Crippen molar-refractivity contribution in [1.29, 1.82) is 0 Å². The molecule has 0 saturated heterocycles. The molecule has 3 rings (SSSR count). The fraction of sp³-hybridized carbons (Fsp3) is 0.333. The van der Waals surface area contributed by atoms with Crippen LogP contribution in [0.3, 0.4) is 0 Å². The number of ether oxygens (including phenoxy) is 3. The third kappa shape index (κ3) is 4.27. The van der Waals surface area contributed by atoms with Crippen LogP contribution < -0.4 is 18.9 Å². The molecule has 0 aliphatic carbocycles. The summed E-state index contributed by atoms with van der Waals surface area (Å²) in [5, 5.41) is 10.3. The molecule has 0 radical (unpaired) electrons. The maximum Gasteiger partial charge on any atom is 0.240 e. The summed E-state index contributed by atoms with van der Waals surface area (Å²) in [5.74, 6) is 1.76. The van der Waals surface area contributed by atoms with E-state index in [2.05, 4.69) is 4.72 Å². The van der Waals surface area contributed by atoms with Crippen molar-refractivity contribution in [3.8, 4) is 17.2 Å². The summed E-state index contributed by atoms with van der Waals surface area (Å²) in [6, 6.07) is 11.2. The van der Waals surface area contributed by atoms with E-state index in [0.717, 1.165) is 0 Å². The lowest BCUT2D eigenvalue weighted by Crippen LogP contribution is -2.28. The zero-order chi connectivity index (χ0) is 18.6. The molecule has 0 saturated carbocycles. The Morgan fingerprint density at radius 3 is 2.50 bits per heavy atom. The molecule has 7 nitrogen and oxygen atoms in total. The number of hydrogen-bond donors (Lipinski definition) is 2. The number of fused-ring (bicyclic) bond motifs is 1. The van der Waals surface area contributed by atoms with E-state index in [0.29, 0.717) is 42.6 Å². The SMILES string of the molecule is CCOc1ccc(S(=O)(=O)NCC(O)c2ccc3c(c2)OCCO3)cc1. The number of sulfonamides is 1. The molecular formula is C18H21NO6S. The molecule has 1 aliphatic rings. The Morgan fingerprint density at radius 1 is 1.12 bits per heavy atom. The number of aliphatic hydroxyl groups excluding tert-OH is 1. The van der Waals surface area contributed by atoms with E-state index in [-0.39, 0.29) is 11.4 Å². The number of hydrogen-bond acceptors (Lipinski definition) is 6. The average molecular weight is 379 g/mol. The summed E-state index contributed by atoms with van der Waals surface area (Å²) in [7, 11) is -3.73. The predicted molar refractivity (Wildman–Crippen MR) is 95.2 cm³/mol. The van der Waals surface area contributed by atoms with Crippen LogP contribution in [-0.2, 0) is 10.0 Å². The molecule has 0 bridgehead atoms. The van der Waals surface area contributed by atoms with Crippen molar-refractivity contribution in [1.82, 2.24) is 4.72 Å². The lowest BCUT2D eigenvalue weighted by Gasteiger charge is -2.20. The average Bonchev–Trinajstić information content (AvgIpc) is 2.66. The Labute approximate surface area is 152 Å². The number of benzene rings is 2. The van der Waals surface area contributed by atoms with Crippen LogP contribution >= 0.6 is 0 Å². The van der Waals surface area contributed by atoms with Crippen LogP contribution in [0, 0.1) is 0 Å². The lowest BCUT2D eigenvalue weighted by atomic mass is 10.1. The second-order valence-corrected chi connectivity index (χ2v) is 7.44. The number of rotatable bonds is 7. The molecule has 2 N–H and O–H groups in total. The summed E-state index contributed by atoms with van der Waals surface area (Å²) < 4.78 is 43.3. The van der Waals surface area contributed by atoms with Crippen LogP contribution in [0.1, 0.15) is 18.6 Å². The van der Waals surface area contributed by atoms with Crippen molar-refractivity contribution >= 4 is 10.0 Å². The van der Waals surface area contributed by atoms with E-state index < -0.39 is 16.1 Å². The molecule has 1 aliphatic heterocycles. The van der Waals surface area contributed by atoms with Crippen LogP contribution in [-0.4, -0.2) is 39.9 Å². The minimum atomic E-state index is -3.73. The topological polar surface area (TPSA) is 94.1 Å². The smallest absolute Gasteiger partial charge is 0.240 e. The van der Waals surface area contributed by atoms with Gasteiger partial charge in [-0.15, -0.1) is 0 Å². The molecule has 140 valence electrons. The van der Waals surface area contributed by atoms with Gasteiger partial charge < -0.3 is 19.3 Å². The van der Waals surface area contributed by atoms with Crippen LogP contribution in [0.25, 0.3) is 0 Å². The van der Waals surface area contributed by atoms with Crippen molar-refractivity contribution in [2.24, 2.45) is 0 Å². The predicted octanol–water partition coefficient (Wildman–Crippen LogP) is 1.87. The molecule has 1 unspecified atom stereocenters. The molecular weight excluding hydrogens is 358 g/mol. The van der Waals surface area contributed by atoms with E-state index in [1.54, 1.807) is 30.3 Å². The van der Waals surface area contributed by atoms with Gasteiger partial charge in [0.05, 0.1) is 17.6 Å². The summed E-state index contributed by atoms with van der Waals surface area (Å²) in [5.41, 5.74) is 0.545. The van der Waals surface area contributed by atoms with Crippen molar-refractivity contribution in [3.05, 3.63) is 48.0 Å². The van der Waals surface area contributed by atoms with Gasteiger partial charge in [0.25, 0.3) is 0 Å². The summed E-state index contributed by atoms with van der Waals surface area (Å²) >= 11 is 0. The minimum Gasteiger partial charge on any atom is -0.494 e. The summed E-state index contributed by atoms with van der Waals surface area (Å²) in [6.45, 7) is 3.13. The monoisotopic (exact) mass is 379 g/mol. The fourth-order valence-electron chi connectivity index (χ4n) is 2.54. The Balaban J connectivity index is 1.65. The Kier molecular flexibility index (Phi) is 5.65. The van der Waals surface area contributed by atoms with E-state index in [1.807, 2.05) is 6.92 Å². The zero-order valence-corrected chi connectivity index (χ0v) is 15.2. The molecule has 1 atom stereocenters. The van der Waals surface area contributed by atoms with Gasteiger partial charge >= 0.3 is 0 Å². The maximum absolute atomic E-state index is 12.4. The third-order valence-electron chi connectivity index (χ3n) is 3.86. The van der Waals surface area contributed by atoms with Crippen LogP contribution in [0.2, 0.25) is 0 Å². The minimum absolute atomic E-state index is 0.107. The standard InChI is InChI=1S/C18H21NO6S/c1-2-23-14-4-6-15(7-5-14)26(21,22)19-12-16(20)13-3-8-17-18(11-13)25-10-9-24-17/h3-8,11,16,19-20H,2,9-10,12H2,1H3. The molecule has 0 fully saturated rings. The second-order valence-electron chi connectivity index (χ2n) is 5.68. The van der Waals surface area contributed by atoms with Crippen LogP contribution in [0.5, 0.6) is 17.2 Å². The van der Waals surface area contributed by atoms with Gasteiger partial charge in [-0.3, -0.25) is 0 Å². The Hall–Kier alpha value is -2.29. The highest BCUT2D eigenvalue weighted by molar-refractivity contribution is 7.89. The van der Waals surface area contributed by atoms with Crippen molar-refractivity contribution in [2.75, 3.05) is 26.4 Å². The summed E-state index contributed by atoms with van der Waals surface area (Å²) in [6.07, 6.45) is -1.01. The van der Waals surface area contributed by atoms with Crippen molar-refractivity contribution in [3.63, 3.8) is 0 Å². The normalized spacial score (nSPS) is 14.7.